The van der Waals surface area contributed by atoms with Gasteiger partial charge in [0.2, 0.25) is 0 Å². The average Bonchev–Trinajstić information content (AvgIpc) is 2.65. The predicted molar refractivity (Wildman–Crippen MR) is 101 cm³/mol. The Morgan fingerprint density at radius 1 is 0.800 bits per heavy atom. The predicted octanol–water partition coefficient (Wildman–Crippen LogP) is 5.47. The summed E-state index contributed by atoms with van der Waals surface area (Å²) in [6.07, 6.45) is 3.91. The van der Waals surface area contributed by atoms with Crippen LogP contribution in [0.4, 0.5) is 5.69 Å². The zero-order valence-corrected chi connectivity index (χ0v) is 13.3. The first-order chi connectivity index (χ1) is 12.2. The van der Waals surface area contributed by atoms with E-state index in [1.165, 1.54) is 6.07 Å². The van der Waals surface area contributed by atoms with Gasteiger partial charge in [0, 0.05) is 22.9 Å². The zero-order valence-electron chi connectivity index (χ0n) is 13.3. The summed E-state index contributed by atoms with van der Waals surface area (Å²) in [5.74, 6) is 0. The van der Waals surface area contributed by atoms with Crippen LogP contribution in [-0.4, -0.2) is 9.91 Å². The second-order valence-electron chi connectivity index (χ2n) is 5.75. The van der Waals surface area contributed by atoms with Gasteiger partial charge in [-0.1, -0.05) is 60.7 Å². The lowest BCUT2D eigenvalue weighted by atomic mass is 10.0. The molecule has 0 N–H and O–H groups in total. The number of nitrogens with zero attached hydrogens (tertiary/aromatic N) is 2. The molecular formula is C21H14N2O2. The van der Waals surface area contributed by atoms with Crippen LogP contribution >= 0.6 is 0 Å². The molecule has 0 amide bonds. The molecule has 0 bridgehead atoms. The minimum Gasteiger partial charge on any atom is -0.258 e. The van der Waals surface area contributed by atoms with Crippen molar-refractivity contribution in [3.8, 4) is 0 Å². The molecule has 0 saturated carbocycles. The molecule has 4 nitrogen and oxygen atoms in total. The number of nitro groups is 1. The molecule has 0 spiro atoms. The van der Waals surface area contributed by atoms with Crippen LogP contribution in [0.2, 0.25) is 0 Å². The maximum absolute atomic E-state index is 11.0. The fourth-order valence-corrected chi connectivity index (χ4v) is 2.97. The summed E-state index contributed by atoms with van der Waals surface area (Å²) in [7, 11) is 0. The summed E-state index contributed by atoms with van der Waals surface area (Å²) in [5, 5.41) is 13.1. The van der Waals surface area contributed by atoms with E-state index in [4.69, 9.17) is 4.98 Å². The lowest BCUT2D eigenvalue weighted by molar-refractivity contribution is -0.384. The first kappa shape index (κ1) is 15.0. The first-order valence-corrected chi connectivity index (χ1v) is 7.92. The molecule has 0 aliphatic rings. The molecular weight excluding hydrogens is 312 g/mol. The third-order valence-electron chi connectivity index (χ3n) is 4.15. The van der Waals surface area contributed by atoms with Crippen LogP contribution in [0.5, 0.6) is 0 Å². The van der Waals surface area contributed by atoms with Crippen LogP contribution in [-0.2, 0) is 0 Å². The van der Waals surface area contributed by atoms with Crippen molar-refractivity contribution in [3.63, 3.8) is 0 Å². The number of aromatic nitrogens is 1. The minimum absolute atomic E-state index is 0.0894. The molecule has 0 unspecified atom stereocenters. The normalized spacial score (nSPS) is 11.4. The largest absolute Gasteiger partial charge is 0.270 e. The van der Waals surface area contributed by atoms with E-state index in [1.54, 1.807) is 12.1 Å². The van der Waals surface area contributed by atoms with Crippen molar-refractivity contribution in [2.24, 2.45) is 0 Å². The Hall–Kier alpha value is -3.53. The number of rotatable bonds is 3. The van der Waals surface area contributed by atoms with E-state index in [0.29, 0.717) is 0 Å². The van der Waals surface area contributed by atoms with Crippen molar-refractivity contribution in [2.75, 3.05) is 0 Å². The molecule has 4 rings (SSSR count). The standard InChI is InChI=1S/C21H14N2O2/c24-23(25)16-7-5-6-15(14-16)12-13-17-18-8-1-3-10-20(18)22-21-11-4-2-9-19(17)21/h1-14H/b13-12+. The van der Waals surface area contributed by atoms with Crippen LogP contribution in [0, 0.1) is 10.1 Å². The van der Waals surface area contributed by atoms with E-state index in [2.05, 4.69) is 0 Å². The quantitative estimate of drug-likeness (QED) is 0.285. The van der Waals surface area contributed by atoms with Crippen LogP contribution in [0.15, 0.2) is 72.8 Å². The smallest absolute Gasteiger partial charge is 0.258 e. The van der Waals surface area contributed by atoms with Gasteiger partial charge >= 0.3 is 0 Å². The summed E-state index contributed by atoms with van der Waals surface area (Å²) in [5.41, 5.74) is 3.80. The number of nitro benzene ring substituents is 1. The zero-order chi connectivity index (χ0) is 17.2. The highest BCUT2D eigenvalue weighted by atomic mass is 16.6. The summed E-state index contributed by atoms with van der Waals surface area (Å²) in [6, 6.07) is 22.6. The number of non-ortho nitro benzene ring substituents is 1. The summed E-state index contributed by atoms with van der Waals surface area (Å²) >= 11 is 0. The molecule has 0 radical (unpaired) electrons. The highest BCUT2D eigenvalue weighted by Gasteiger charge is 2.07. The van der Waals surface area contributed by atoms with E-state index in [0.717, 1.165) is 32.9 Å². The molecule has 4 aromatic rings. The Morgan fingerprint density at radius 2 is 1.44 bits per heavy atom. The minimum atomic E-state index is -0.380. The van der Waals surface area contributed by atoms with Crippen molar-refractivity contribution >= 4 is 39.6 Å². The SMILES string of the molecule is O=[N+]([O-])c1cccc(/C=C/c2c3ccccc3nc3ccccc23)c1. The van der Waals surface area contributed by atoms with Crippen LogP contribution in [0.3, 0.4) is 0 Å². The Bertz CT molecular complexity index is 1080. The van der Waals surface area contributed by atoms with Crippen LogP contribution in [0.25, 0.3) is 34.0 Å². The van der Waals surface area contributed by atoms with Crippen LogP contribution < -0.4 is 0 Å². The lowest BCUT2D eigenvalue weighted by Crippen LogP contribution is -1.88. The van der Waals surface area contributed by atoms with Gasteiger partial charge in [0.15, 0.2) is 0 Å². The molecule has 0 aliphatic carbocycles. The van der Waals surface area contributed by atoms with Crippen molar-refractivity contribution < 1.29 is 4.92 Å². The molecule has 1 aromatic heterocycles. The second kappa shape index (κ2) is 6.17. The van der Waals surface area contributed by atoms with E-state index in [9.17, 15) is 10.1 Å². The molecule has 120 valence electrons. The number of hydrogen-bond acceptors (Lipinski definition) is 3. The Morgan fingerprint density at radius 3 is 2.08 bits per heavy atom. The summed E-state index contributed by atoms with van der Waals surface area (Å²) in [6.45, 7) is 0. The van der Waals surface area contributed by atoms with Crippen molar-refractivity contribution in [2.45, 2.75) is 0 Å². The van der Waals surface area contributed by atoms with Gasteiger partial charge in [-0.25, -0.2) is 4.98 Å². The summed E-state index contributed by atoms with van der Waals surface area (Å²) in [4.78, 5) is 15.3. The molecule has 3 aromatic carbocycles. The lowest BCUT2D eigenvalue weighted by Gasteiger charge is -2.07. The van der Waals surface area contributed by atoms with Gasteiger partial charge < -0.3 is 0 Å². The van der Waals surface area contributed by atoms with Gasteiger partial charge in [-0.15, -0.1) is 0 Å². The highest BCUT2D eigenvalue weighted by Crippen LogP contribution is 2.28. The summed E-state index contributed by atoms with van der Waals surface area (Å²) < 4.78 is 0. The number of fused-ring (bicyclic) bond motifs is 2. The van der Waals surface area contributed by atoms with E-state index < -0.39 is 0 Å². The Labute approximate surface area is 144 Å². The van der Waals surface area contributed by atoms with Crippen molar-refractivity contribution in [1.82, 2.24) is 4.98 Å². The molecule has 1 heterocycles. The highest BCUT2D eigenvalue weighted by molar-refractivity contribution is 6.04. The molecule has 25 heavy (non-hydrogen) atoms. The Kier molecular flexibility index (Phi) is 3.71. The van der Waals surface area contributed by atoms with Gasteiger partial charge in [-0.2, -0.15) is 0 Å². The van der Waals surface area contributed by atoms with E-state index in [1.807, 2.05) is 66.7 Å². The molecule has 0 atom stereocenters. The monoisotopic (exact) mass is 326 g/mol. The molecule has 4 heteroatoms. The van der Waals surface area contributed by atoms with E-state index in [-0.39, 0.29) is 10.6 Å². The Balaban J connectivity index is 1.90. The fourth-order valence-electron chi connectivity index (χ4n) is 2.97. The topological polar surface area (TPSA) is 56.0 Å². The van der Waals surface area contributed by atoms with Gasteiger partial charge in [-0.3, -0.25) is 10.1 Å². The molecule has 0 fully saturated rings. The van der Waals surface area contributed by atoms with Gasteiger partial charge in [0.25, 0.3) is 5.69 Å². The number of hydrogen-bond donors (Lipinski definition) is 0. The number of para-hydroxylation sites is 2. The average molecular weight is 326 g/mol. The second-order valence-corrected chi connectivity index (χ2v) is 5.75. The molecule has 0 aliphatic heterocycles. The maximum Gasteiger partial charge on any atom is 0.270 e. The third kappa shape index (κ3) is 2.85. The van der Waals surface area contributed by atoms with Crippen molar-refractivity contribution in [1.29, 1.82) is 0 Å². The van der Waals surface area contributed by atoms with Crippen molar-refractivity contribution in [3.05, 3.63) is 94.0 Å². The van der Waals surface area contributed by atoms with Crippen LogP contribution in [0.1, 0.15) is 11.1 Å². The fraction of sp³-hybridized carbons (Fsp3) is 0. The van der Waals surface area contributed by atoms with Gasteiger partial charge in [0.05, 0.1) is 16.0 Å². The number of pyridine rings is 1. The number of benzene rings is 3. The first-order valence-electron chi connectivity index (χ1n) is 7.92. The van der Waals surface area contributed by atoms with Gasteiger partial charge in [-0.05, 0) is 23.3 Å². The third-order valence-corrected chi connectivity index (χ3v) is 4.15. The van der Waals surface area contributed by atoms with Gasteiger partial charge in [0.1, 0.15) is 0 Å². The molecule has 0 saturated heterocycles. The maximum atomic E-state index is 11.0. The van der Waals surface area contributed by atoms with E-state index >= 15 is 0 Å².